The summed E-state index contributed by atoms with van der Waals surface area (Å²) in [6, 6.07) is 0. The van der Waals surface area contributed by atoms with E-state index in [1.165, 1.54) is 6.42 Å². The molecule has 1 N–H and O–H groups in total. The fourth-order valence-corrected chi connectivity index (χ4v) is 2.84. The van der Waals surface area contributed by atoms with E-state index in [0.717, 1.165) is 26.2 Å². The Morgan fingerprint density at radius 2 is 2.06 bits per heavy atom. The van der Waals surface area contributed by atoms with Gasteiger partial charge in [-0.1, -0.05) is 0 Å². The van der Waals surface area contributed by atoms with Gasteiger partial charge in [-0.3, -0.25) is 9.78 Å². The summed E-state index contributed by atoms with van der Waals surface area (Å²) in [6.45, 7) is 3.75. The zero-order valence-electron chi connectivity index (χ0n) is 9.67. The van der Waals surface area contributed by atoms with E-state index in [1.54, 1.807) is 18.6 Å². The highest BCUT2D eigenvalue weighted by atomic mass is 16.2. The van der Waals surface area contributed by atoms with Crippen molar-refractivity contribution in [1.82, 2.24) is 20.2 Å². The molecular formula is C12H16N4O. The van der Waals surface area contributed by atoms with Crippen LogP contribution in [0.1, 0.15) is 16.9 Å². The highest BCUT2D eigenvalue weighted by Crippen LogP contribution is 2.25. The zero-order chi connectivity index (χ0) is 11.7. The maximum absolute atomic E-state index is 12.2. The fourth-order valence-electron chi connectivity index (χ4n) is 2.84. The molecule has 0 radical (unpaired) electrons. The van der Waals surface area contributed by atoms with Gasteiger partial charge in [-0.05, 0) is 31.3 Å². The van der Waals surface area contributed by atoms with Crippen molar-refractivity contribution < 1.29 is 4.79 Å². The van der Waals surface area contributed by atoms with E-state index in [9.17, 15) is 4.79 Å². The normalized spacial score (nSPS) is 27.9. The van der Waals surface area contributed by atoms with E-state index >= 15 is 0 Å². The van der Waals surface area contributed by atoms with Gasteiger partial charge in [-0.15, -0.1) is 0 Å². The Labute approximate surface area is 100 Å². The molecule has 1 aromatic rings. The number of carbonyl (C=O) groups is 1. The Balaban J connectivity index is 1.74. The molecule has 2 bridgehead atoms. The number of aromatic nitrogens is 2. The number of likely N-dealkylation sites (tertiary alicyclic amines) is 1. The van der Waals surface area contributed by atoms with E-state index in [0.29, 0.717) is 17.5 Å². The van der Waals surface area contributed by atoms with Crippen LogP contribution in [0.4, 0.5) is 0 Å². The summed E-state index contributed by atoms with van der Waals surface area (Å²) in [7, 11) is 0. The average molecular weight is 232 g/mol. The van der Waals surface area contributed by atoms with Crippen molar-refractivity contribution >= 4 is 5.91 Å². The molecule has 17 heavy (non-hydrogen) atoms. The highest BCUT2D eigenvalue weighted by molar-refractivity contribution is 5.92. The average Bonchev–Trinajstić information content (AvgIpc) is 2.38. The van der Waals surface area contributed by atoms with Gasteiger partial charge in [0.15, 0.2) is 0 Å². The van der Waals surface area contributed by atoms with Crippen molar-refractivity contribution in [3.8, 4) is 0 Å². The largest absolute Gasteiger partial charge is 0.337 e. The molecular weight excluding hydrogens is 216 g/mol. The molecule has 0 unspecified atom stereocenters. The van der Waals surface area contributed by atoms with E-state index in [2.05, 4.69) is 15.3 Å². The van der Waals surface area contributed by atoms with Crippen molar-refractivity contribution in [2.24, 2.45) is 11.8 Å². The molecule has 2 aliphatic heterocycles. The molecule has 1 amide bonds. The van der Waals surface area contributed by atoms with E-state index in [4.69, 9.17) is 0 Å². The molecule has 2 fully saturated rings. The molecule has 5 nitrogen and oxygen atoms in total. The molecule has 2 atom stereocenters. The SMILES string of the molecule is O=C(c1cnccn1)N1C[C@@H]2CNC[C@@H](C2)C1. The number of carbonyl (C=O) groups excluding carboxylic acids is 1. The lowest BCUT2D eigenvalue weighted by Gasteiger charge is -2.41. The predicted octanol–water partition coefficient (Wildman–Crippen LogP) is 0.158. The first-order valence-corrected chi connectivity index (χ1v) is 6.09. The van der Waals surface area contributed by atoms with Crippen LogP contribution in [0.15, 0.2) is 18.6 Å². The summed E-state index contributed by atoms with van der Waals surface area (Å²) in [5.74, 6) is 1.22. The number of fused-ring (bicyclic) bond motifs is 2. The van der Waals surface area contributed by atoms with Crippen molar-refractivity contribution in [3.63, 3.8) is 0 Å². The van der Waals surface area contributed by atoms with Gasteiger partial charge in [0, 0.05) is 25.5 Å². The minimum absolute atomic E-state index is 0.0229. The van der Waals surface area contributed by atoms with Crippen LogP contribution in [0.3, 0.4) is 0 Å². The van der Waals surface area contributed by atoms with Crippen LogP contribution in [-0.2, 0) is 0 Å². The third-order valence-corrected chi connectivity index (χ3v) is 3.56. The van der Waals surface area contributed by atoms with Crippen LogP contribution in [0.25, 0.3) is 0 Å². The van der Waals surface area contributed by atoms with Crippen molar-refractivity contribution in [2.45, 2.75) is 6.42 Å². The van der Waals surface area contributed by atoms with E-state index < -0.39 is 0 Å². The van der Waals surface area contributed by atoms with Gasteiger partial charge < -0.3 is 10.2 Å². The number of nitrogens with zero attached hydrogens (tertiary/aromatic N) is 3. The topological polar surface area (TPSA) is 58.1 Å². The van der Waals surface area contributed by atoms with Crippen molar-refractivity contribution in [3.05, 3.63) is 24.3 Å². The molecule has 1 aromatic heterocycles. The molecule has 0 spiro atoms. The Hall–Kier alpha value is -1.49. The molecule has 3 heterocycles. The second-order valence-corrected chi connectivity index (χ2v) is 4.93. The van der Waals surface area contributed by atoms with Gasteiger partial charge in [0.25, 0.3) is 5.91 Å². The van der Waals surface area contributed by atoms with Crippen LogP contribution < -0.4 is 5.32 Å². The molecule has 0 aromatic carbocycles. The van der Waals surface area contributed by atoms with Crippen molar-refractivity contribution in [1.29, 1.82) is 0 Å². The molecule has 90 valence electrons. The Kier molecular flexibility index (Phi) is 2.76. The lowest BCUT2D eigenvalue weighted by atomic mass is 9.86. The van der Waals surface area contributed by atoms with Gasteiger partial charge in [0.1, 0.15) is 5.69 Å². The lowest BCUT2D eigenvalue weighted by molar-refractivity contribution is 0.0531. The molecule has 0 saturated carbocycles. The van der Waals surface area contributed by atoms with Crippen LogP contribution in [0.5, 0.6) is 0 Å². The number of hydrogen-bond acceptors (Lipinski definition) is 4. The van der Waals surface area contributed by atoms with Gasteiger partial charge in [-0.2, -0.15) is 0 Å². The van der Waals surface area contributed by atoms with Gasteiger partial charge >= 0.3 is 0 Å². The fraction of sp³-hybridized carbons (Fsp3) is 0.583. The van der Waals surface area contributed by atoms with Crippen LogP contribution in [0.2, 0.25) is 0 Å². The Morgan fingerprint density at radius 1 is 1.29 bits per heavy atom. The summed E-state index contributed by atoms with van der Waals surface area (Å²) in [4.78, 5) is 22.2. The smallest absolute Gasteiger partial charge is 0.274 e. The Morgan fingerprint density at radius 3 is 2.71 bits per heavy atom. The molecule has 2 aliphatic rings. The zero-order valence-corrected chi connectivity index (χ0v) is 9.67. The van der Waals surface area contributed by atoms with Gasteiger partial charge in [-0.25, -0.2) is 4.98 Å². The molecule has 0 aliphatic carbocycles. The van der Waals surface area contributed by atoms with Gasteiger partial charge in [0.05, 0.1) is 6.20 Å². The second-order valence-electron chi connectivity index (χ2n) is 4.93. The minimum Gasteiger partial charge on any atom is -0.337 e. The van der Waals surface area contributed by atoms with Crippen LogP contribution >= 0.6 is 0 Å². The number of rotatable bonds is 1. The second kappa shape index (κ2) is 4.41. The Bertz CT molecular complexity index is 396. The number of hydrogen-bond donors (Lipinski definition) is 1. The summed E-state index contributed by atoms with van der Waals surface area (Å²) in [5, 5.41) is 3.42. The van der Waals surface area contributed by atoms with E-state index in [-0.39, 0.29) is 5.91 Å². The molecule has 3 rings (SSSR count). The third-order valence-electron chi connectivity index (χ3n) is 3.56. The monoisotopic (exact) mass is 232 g/mol. The number of nitrogens with one attached hydrogen (secondary N) is 1. The number of piperidine rings is 2. The summed E-state index contributed by atoms with van der Waals surface area (Å²) >= 11 is 0. The van der Waals surface area contributed by atoms with Crippen LogP contribution in [-0.4, -0.2) is 47.0 Å². The first-order chi connectivity index (χ1) is 8.33. The standard InChI is InChI=1S/C12H16N4O/c17-12(11-6-13-1-2-15-11)16-7-9-3-10(8-16)5-14-4-9/h1-2,6,9-10,14H,3-5,7-8H2/t9-,10+. The molecule has 5 heteroatoms. The first-order valence-electron chi connectivity index (χ1n) is 6.09. The third kappa shape index (κ3) is 2.15. The van der Waals surface area contributed by atoms with Crippen LogP contribution in [0, 0.1) is 11.8 Å². The lowest BCUT2D eigenvalue weighted by Crippen LogP contribution is -2.52. The summed E-state index contributed by atoms with van der Waals surface area (Å²) < 4.78 is 0. The summed E-state index contributed by atoms with van der Waals surface area (Å²) in [6.07, 6.45) is 5.95. The summed E-state index contributed by atoms with van der Waals surface area (Å²) in [5.41, 5.74) is 0.459. The maximum atomic E-state index is 12.2. The van der Waals surface area contributed by atoms with Crippen molar-refractivity contribution in [2.75, 3.05) is 26.2 Å². The van der Waals surface area contributed by atoms with Gasteiger partial charge in [0.2, 0.25) is 0 Å². The van der Waals surface area contributed by atoms with E-state index in [1.807, 2.05) is 4.90 Å². The quantitative estimate of drug-likeness (QED) is 0.749. The maximum Gasteiger partial charge on any atom is 0.274 e. The minimum atomic E-state index is 0.0229. The predicted molar refractivity (Wildman–Crippen MR) is 62.4 cm³/mol. The first kappa shape index (κ1) is 10.7. The highest BCUT2D eigenvalue weighted by Gasteiger charge is 2.33. The molecule has 2 saturated heterocycles. The number of amides is 1.